The van der Waals surface area contributed by atoms with Crippen molar-refractivity contribution >= 4 is 17.4 Å². The number of anilines is 2. The molecule has 1 fully saturated rings. The molecule has 0 unspecified atom stereocenters. The average molecular weight is 387 g/mol. The summed E-state index contributed by atoms with van der Waals surface area (Å²) in [5.74, 6) is 0.865. The highest BCUT2D eigenvalue weighted by Gasteiger charge is 2.22. The van der Waals surface area contributed by atoms with Crippen LogP contribution >= 0.6 is 0 Å². The number of nitrogens with one attached hydrogen (secondary N) is 1. The summed E-state index contributed by atoms with van der Waals surface area (Å²) in [6.45, 7) is 2.90. The van der Waals surface area contributed by atoms with Gasteiger partial charge < -0.3 is 19.9 Å². The lowest BCUT2D eigenvalue weighted by Crippen LogP contribution is -2.50. The quantitative estimate of drug-likeness (QED) is 0.705. The second kappa shape index (κ2) is 8.69. The third-order valence-corrected chi connectivity index (χ3v) is 5.24. The van der Waals surface area contributed by atoms with Crippen LogP contribution in [0.25, 0.3) is 11.1 Å². The second-order valence-corrected chi connectivity index (χ2v) is 7.02. The van der Waals surface area contributed by atoms with Gasteiger partial charge in [0.2, 0.25) is 0 Å². The molecule has 5 nitrogen and oxygen atoms in total. The molecule has 3 aromatic rings. The summed E-state index contributed by atoms with van der Waals surface area (Å²) in [5.41, 5.74) is 4.18. The lowest BCUT2D eigenvalue weighted by atomic mass is 10.1. The van der Waals surface area contributed by atoms with Crippen LogP contribution in [0.5, 0.6) is 5.75 Å². The number of hydrogen-bond acceptors (Lipinski definition) is 3. The topological polar surface area (TPSA) is 44.8 Å². The van der Waals surface area contributed by atoms with E-state index < -0.39 is 0 Å². The monoisotopic (exact) mass is 387 g/mol. The van der Waals surface area contributed by atoms with Gasteiger partial charge in [-0.15, -0.1) is 0 Å². The van der Waals surface area contributed by atoms with Crippen LogP contribution in [-0.2, 0) is 0 Å². The molecule has 4 rings (SSSR count). The molecule has 0 radical (unpaired) electrons. The fraction of sp³-hybridized carbons (Fsp3) is 0.208. The Morgan fingerprint density at radius 3 is 2.10 bits per heavy atom. The van der Waals surface area contributed by atoms with Crippen molar-refractivity contribution in [3.8, 4) is 16.9 Å². The molecule has 1 saturated heterocycles. The van der Waals surface area contributed by atoms with Crippen molar-refractivity contribution in [2.75, 3.05) is 43.5 Å². The number of nitrogens with zero attached hydrogens (tertiary/aromatic N) is 2. The molecule has 3 aromatic carbocycles. The van der Waals surface area contributed by atoms with Crippen LogP contribution in [0.4, 0.5) is 16.2 Å². The molecule has 2 amide bonds. The maximum Gasteiger partial charge on any atom is 0.321 e. The molecular weight excluding hydrogens is 362 g/mol. The van der Waals surface area contributed by atoms with Crippen LogP contribution in [0.1, 0.15) is 0 Å². The minimum atomic E-state index is -0.0582. The molecular formula is C24H25N3O2. The summed E-state index contributed by atoms with van der Waals surface area (Å²) in [5, 5.41) is 3.01. The summed E-state index contributed by atoms with van der Waals surface area (Å²) < 4.78 is 5.46. The maximum atomic E-state index is 12.7. The van der Waals surface area contributed by atoms with Crippen LogP contribution in [0.2, 0.25) is 0 Å². The van der Waals surface area contributed by atoms with Crippen molar-refractivity contribution in [1.29, 1.82) is 0 Å². The van der Waals surface area contributed by atoms with E-state index in [-0.39, 0.29) is 6.03 Å². The first-order valence-corrected chi connectivity index (χ1v) is 9.84. The van der Waals surface area contributed by atoms with Gasteiger partial charge in [-0.2, -0.15) is 0 Å². The van der Waals surface area contributed by atoms with Crippen LogP contribution in [0, 0.1) is 0 Å². The van der Waals surface area contributed by atoms with E-state index in [4.69, 9.17) is 4.74 Å². The van der Waals surface area contributed by atoms with E-state index >= 15 is 0 Å². The van der Waals surface area contributed by atoms with Gasteiger partial charge in [0.05, 0.1) is 12.8 Å². The van der Waals surface area contributed by atoms with Gasteiger partial charge in [0.25, 0.3) is 0 Å². The van der Waals surface area contributed by atoms with E-state index in [2.05, 4.69) is 28.4 Å². The van der Waals surface area contributed by atoms with Gasteiger partial charge >= 0.3 is 6.03 Å². The highest BCUT2D eigenvalue weighted by atomic mass is 16.5. The van der Waals surface area contributed by atoms with Crippen molar-refractivity contribution in [1.82, 2.24) is 4.90 Å². The smallest absolute Gasteiger partial charge is 0.321 e. The van der Waals surface area contributed by atoms with Gasteiger partial charge in [0.1, 0.15) is 5.75 Å². The average Bonchev–Trinajstić information content (AvgIpc) is 2.80. The maximum absolute atomic E-state index is 12.7. The normalized spacial score (nSPS) is 13.8. The molecule has 0 bridgehead atoms. The Labute approximate surface area is 171 Å². The van der Waals surface area contributed by atoms with E-state index in [1.165, 1.54) is 0 Å². The molecule has 0 aliphatic carbocycles. The Morgan fingerprint density at radius 2 is 1.41 bits per heavy atom. The molecule has 0 spiro atoms. The number of rotatable bonds is 4. The van der Waals surface area contributed by atoms with E-state index in [0.717, 1.165) is 41.3 Å². The Bertz CT molecular complexity index is 949. The number of piperazine rings is 1. The first kappa shape index (κ1) is 18.9. The first-order valence-electron chi connectivity index (χ1n) is 9.84. The van der Waals surface area contributed by atoms with Gasteiger partial charge in [0, 0.05) is 31.9 Å². The summed E-state index contributed by atoms with van der Waals surface area (Å²) in [4.78, 5) is 16.8. The summed E-state index contributed by atoms with van der Waals surface area (Å²) in [6.07, 6.45) is 0. The largest absolute Gasteiger partial charge is 0.495 e. The van der Waals surface area contributed by atoms with Crippen LogP contribution in [0.15, 0.2) is 78.9 Å². The Balaban J connectivity index is 1.34. The zero-order chi connectivity index (χ0) is 20.1. The molecule has 29 heavy (non-hydrogen) atoms. The van der Waals surface area contributed by atoms with Gasteiger partial charge in [-0.05, 0) is 35.4 Å². The van der Waals surface area contributed by atoms with Gasteiger partial charge in [0.15, 0.2) is 0 Å². The zero-order valence-corrected chi connectivity index (χ0v) is 16.5. The van der Waals surface area contributed by atoms with Crippen molar-refractivity contribution < 1.29 is 9.53 Å². The van der Waals surface area contributed by atoms with Crippen molar-refractivity contribution in [3.63, 3.8) is 0 Å². The van der Waals surface area contributed by atoms with E-state index in [1.54, 1.807) is 7.11 Å². The van der Waals surface area contributed by atoms with E-state index in [1.807, 2.05) is 65.6 Å². The number of urea groups is 1. The lowest BCUT2D eigenvalue weighted by molar-refractivity contribution is 0.208. The summed E-state index contributed by atoms with van der Waals surface area (Å²) in [6, 6.07) is 26.1. The molecule has 1 heterocycles. The zero-order valence-electron chi connectivity index (χ0n) is 16.5. The van der Waals surface area contributed by atoms with Crippen LogP contribution in [-0.4, -0.2) is 44.2 Å². The number of ether oxygens (including phenoxy) is 1. The highest BCUT2D eigenvalue weighted by Crippen LogP contribution is 2.28. The Hall–Kier alpha value is -3.47. The summed E-state index contributed by atoms with van der Waals surface area (Å²) >= 11 is 0. The minimum Gasteiger partial charge on any atom is -0.495 e. The molecule has 1 N–H and O–H groups in total. The molecule has 0 atom stereocenters. The molecule has 0 saturated carbocycles. The number of amides is 2. The van der Waals surface area contributed by atoms with Gasteiger partial charge in [-0.1, -0.05) is 54.6 Å². The molecule has 0 aromatic heterocycles. The van der Waals surface area contributed by atoms with Crippen molar-refractivity contribution in [2.45, 2.75) is 0 Å². The number of hydrogen-bond donors (Lipinski definition) is 1. The third-order valence-electron chi connectivity index (χ3n) is 5.24. The molecule has 148 valence electrons. The number of benzene rings is 3. The number of para-hydroxylation sites is 2. The predicted octanol–water partition coefficient (Wildman–Crippen LogP) is 4.72. The predicted molar refractivity (Wildman–Crippen MR) is 118 cm³/mol. The Morgan fingerprint density at radius 1 is 0.793 bits per heavy atom. The summed E-state index contributed by atoms with van der Waals surface area (Å²) in [7, 11) is 1.69. The minimum absolute atomic E-state index is 0.0582. The first-order chi connectivity index (χ1) is 14.2. The Kier molecular flexibility index (Phi) is 5.66. The number of carbonyl (C=O) groups excluding carboxylic acids is 1. The third kappa shape index (κ3) is 4.35. The SMILES string of the molecule is COc1ccccc1N1CCN(C(=O)Nc2ccc(-c3ccccc3)cc2)CC1. The standard InChI is InChI=1S/C24H25N3O2/c1-29-23-10-6-5-9-22(23)26-15-17-27(18-16-26)24(28)25-21-13-11-20(12-14-21)19-7-3-2-4-8-19/h2-14H,15-18H2,1H3,(H,25,28). The molecule has 1 aliphatic heterocycles. The van der Waals surface area contributed by atoms with E-state index in [9.17, 15) is 4.79 Å². The van der Waals surface area contributed by atoms with E-state index in [0.29, 0.717) is 13.1 Å². The fourth-order valence-corrected chi connectivity index (χ4v) is 3.62. The highest BCUT2D eigenvalue weighted by molar-refractivity contribution is 5.90. The second-order valence-electron chi connectivity index (χ2n) is 7.02. The van der Waals surface area contributed by atoms with Crippen LogP contribution < -0.4 is 15.0 Å². The number of carbonyl (C=O) groups is 1. The lowest BCUT2D eigenvalue weighted by Gasteiger charge is -2.36. The van der Waals surface area contributed by atoms with Crippen molar-refractivity contribution in [3.05, 3.63) is 78.9 Å². The fourth-order valence-electron chi connectivity index (χ4n) is 3.62. The number of methoxy groups -OCH3 is 1. The molecule has 5 heteroatoms. The van der Waals surface area contributed by atoms with Crippen molar-refractivity contribution in [2.24, 2.45) is 0 Å². The van der Waals surface area contributed by atoms with Crippen LogP contribution in [0.3, 0.4) is 0 Å². The van der Waals surface area contributed by atoms with Gasteiger partial charge in [-0.3, -0.25) is 0 Å². The molecule has 1 aliphatic rings. The van der Waals surface area contributed by atoms with Gasteiger partial charge in [-0.25, -0.2) is 4.79 Å².